The van der Waals surface area contributed by atoms with Crippen molar-refractivity contribution in [2.75, 3.05) is 6.26 Å². The number of aromatic nitrogens is 2. The van der Waals surface area contributed by atoms with Crippen LogP contribution >= 0.6 is 0 Å². The maximum atomic E-state index is 11.8. The van der Waals surface area contributed by atoms with Crippen LogP contribution in [0, 0.1) is 0 Å². The van der Waals surface area contributed by atoms with Crippen molar-refractivity contribution in [3.05, 3.63) is 73.1 Å². The summed E-state index contributed by atoms with van der Waals surface area (Å²) in [5.74, 6) is 0. The topological polar surface area (TPSA) is 52.0 Å². The number of aryl methyl sites for hydroxylation is 1. The molecule has 0 N–H and O–H groups in total. The minimum absolute atomic E-state index is 0.325. The zero-order chi connectivity index (χ0) is 18.3. The van der Waals surface area contributed by atoms with E-state index in [1.165, 1.54) is 6.26 Å². The number of fused-ring (bicyclic) bond motifs is 1. The molecule has 4 aromatic rings. The van der Waals surface area contributed by atoms with Gasteiger partial charge < -0.3 is 4.57 Å². The molecule has 2 heterocycles. The van der Waals surface area contributed by atoms with Crippen molar-refractivity contribution in [2.24, 2.45) is 7.05 Å². The zero-order valence-electron chi connectivity index (χ0n) is 14.5. The molecule has 0 spiro atoms. The average molecular weight is 362 g/mol. The Morgan fingerprint density at radius 2 is 1.50 bits per heavy atom. The van der Waals surface area contributed by atoms with Crippen LogP contribution < -0.4 is 0 Å². The highest BCUT2D eigenvalue weighted by atomic mass is 32.2. The smallest absolute Gasteiger partial charge is 0.175 e. The molecule has 4 rings (SSSR count). The molecule has 0 radical (unpaired) electrons. The lowest BCUT2D eigenvalue weighted by Crippen LogP contribution is -1.97. The molecule has 26 heavy (non-hydrogen) atoms. The molecule has 0 saturated heterocycles. The molecule has 0 fully saturated rings. The lowest BCUT2D eigenvalue weighted by atomic mass is 9.99. The van der Waals surface area contributed by atoms with Crippen LogP contribution in [0.4, 0.5) is 0 Å². The summed E-state index contributed by atoms with van der Waals surface area (Å²) < 4.78 is 25.7. The summed E-state index contributed by atoms with van der Waals surface area (Å²) >= 11 is 0. The first-order valence-corrected chi connectivity index (χ1v) is 10.1. The summed E-state index contributed by atoms with van der Waals surface area (Å²) in [7, 11) is -1.18. The second kappa shape index (κ2) is 6.11. The second-order valence-electron chi connectivity index (χ2n) is 6.33. The lowest BCUT2D eigenvalue weighted by molar-refractivity contribution is 0.602. The standard InChI is InChI=1S/C21H18N2O2S/c1-23-19-6-4-3-5-18(19)20(15-11-13-22-14-12-15)21(23)16-7-9-17(10-8-16)26(2,24)25/h3-14H,1-2H3. The first-order chi connectivity index (χ1) is 12.5. The number of benzene rings is 2. The van der Waals surface area contributed by atoms with E-state index in [1.807, 2.05) is 43.4 Å². The predicted molar refractivity (Wildman–Crippen MR) is 105 cm³/mol. The maximum absolute atomic E-state index is 11.8. The van der Waals surface area contributed by atoms with E-state index in [1.54, 1.807) is 24.5 Å². The van der Waals surface area contributed by atoms with Crippen LogP contribution in [0.15, 0.2) is 78.0 Å². The molecule has 2 aromatic carbocycles. The molecule has 0 aliphatic heterocycles. The molecule has 0 saturated carbocycles. The molecule has 130 valence electrons. The Balaban J connectivity index is 2.02. The molecule has 4 nitrogen and oxygen atoms in total. The van der Waals surface area contributed by atoms with Crippen molar-refractivity contribution in [3.8, 4) is 22.4 Å². The molecule has 0 aliphatic rings. The second-order valence-corrected chi connectivity index (χ2v) is 8.35. The van der Waals surface area contributed by atoms with Crippen molar-refractivity contribution < 1.29 is 8.42 Å². The van der Waals surface area contributed by atoms with Gasteiger partial charge in [-0.05, 0) is 41.5 Å². The summed E-state index contributed by atoms with van der Waals surface area (Å²) in [6, 6.07) is 19.3. The van der Waals surface area contributed by atoms with E-state index >= 15 is 0 Å². The van der Waals surface area contributed by atoms with Gasteiger partial charge in [-0.2, -0.15) is 0 Å². The third-order valence-corrected chi connectivity index (χ3v) is 5.76. The number of sulfone groups is 1. The lowest BCUT2D eigenvalue weighted by Gasteiger charge is -2.09. The van der Waals surface area contributed by atoms with Crippen molar-refractivity contribution >= 4 is 20.7 Å². The summed E-state index contributed by atoms with van der Waals surface area (Å²) in [6.07, 6.45) is 4.79. The Bertz CT molecular complexity index is 1190. The van der Waals surface area contributed by atoms with Gasteiger partial charge in [-0.1, -0.05) is 30.3 Å². The van der Waals surface area contributed by atoms with E-state index in [-0.39, 0.29) is 0 Å². The van der Waals surface area contributed by atoms with E-state index in [4.69, 9.17) is 0 Å². The molecular weight excluding hydrogens is 344 g/mol. The largest absolute Gasteiger partial charge is 0.343 e. The Morgan fingerprint density at radius 1 is 0.846 bits per heavy atom. The number of hydrogen-bond acceptors (Lipinski definition) is 3. The van der Waals surface area contributed by atoms with Crippen molar-refractivity contribution in [1.82, 2.24) is 9.55 Å². The number of hydrogen-bond donors (Lipinski definition) is 0. The van der Waals surface area contributed by atoms with Crippen LogP contribution in [-0.2, 0) is 16.9 Å². The SMILES string of the molecule is Cn1c(-c2ccc(S(C)(=O)=O)cc2)c(-c2ccncc2)c2ccccc21. The number of rotatable bonds is 3. The van der Waals surface area contributed by atoms with Crippen molar-refractivity contribution in [1.29, 1.82) is 0 Å². The minimum atomic E-state index is -3.21. The van der Waals surface area contributed by atoms with Crippen LogP contribution in [0.25, 0.3) is 33.3 Å². The van der Waals surface area contributed by atoms with Crippen LogP contribution in [-0.4, -0.2) is 24.2 Å². The zero-order valence-corrected chi connectivity index (χ0v) is 15.4. The van der Waals surface area contributed by atoms with Gasteiger partial charge in [0.15, 0.2) is 9.84 Å². The van der Waals surface area contributed by atoms with E-state index in [0.717, 1.165) is 33.3 Å². The Hall–Kier alpha value is -2.92. The van der Waals surface area contributed by atoms with E-state index in [0.29, 0.717) is 4.90 Å². The molecule has 0 unspecified atom stereocenters. The van der Waals surface area contributed by atoms with E-state index in [2.05, 4.69) is 21.7 Å². The van der Waals surface area contributed by atoms with E-state index < -0.39 is 9.84 Å². The van der Waals surface area contributed by atoms with Gasteiger partial charge in [0.1, 0.15) is 0 Å². The van der Waals surface area contributed by atoms with Gasteiger partial charge in [0.2, 0.25) is 0 Å². The molecular formula is C21H18N2O2S. The summed E-state index contributed by atoms with van der Waals surface area (Å²) in [6.45, 7) is 0. The summed E-state index contributed by atoms with van der Waals surface area (Å²) in [4.78, 5) is 4.45. The van der Waals surface area contributed by atoms with Crippen LogP contribution in [0.2, 0.25) is 0 Å². The molecule has 0 aliphatic carbocycles. The van der Waals surface area contributed by atoms with Crippen molar-refractivity contribution in [2.45, 2.75) is 4.90 Å². The van der Waals surface area contributed by atoms with Crippen LogP contribution in [0.1, 0.15) is 0 Å². The van der Waals surface area contributed by atoms with Gasteiger partial charge in [0.25, 0.3) is 0 Å². The monoisotopic (exact) mass is 362 g/mol. The molecule has 0 atom stereocenters. The first-order valence-electron chi connectivity index (χ1n) is 8.25. The minimum Gasteiger partial charge on any atom is -0.343 e. The van der Waals surface area contributed by atoms with Gasteiger partial charge in [-0.3, -0.25) is 4.98 Å². The Morgan fingerprint density at radius 3 is 2.15 bits per heavy atom. The number of nitrogens with zero attached hydrogens (tertiary/aromatic N) is 2. The normalized spacial score (nSPS) is 11.8. The predicted octanol–water partition coefficient (Wildman–Crippen LogP) is 4.31. The number of pyridine rings is 1. The van der Waals surface area contributed by atoms with Crippen LogP contribution in [0.5, 0.6) is 0 Å². The highest BCUT2D eigenvalue weighted by Gasteiger charge is 2.18. The quantitative estimate of drug-likeness (QED) is 0.546. The average Bonchev–Trinajstić information content (AvgIpc) is 2.95. The summed E-state index contributed by atoms with van der Waals surface area (Å²) in [5.41, 5.74) is 5.36. The fraction of sp³-hybridized carbons (Fsp3) is 0.0952. The van der Waals surface area contributed by atoms with Crippen LogP contribution in [0.3, 0.4) is 0 Å². The highest BCUT2D eigenvalue weighted by Crippen LogP contribution is 2.40. The molecule has 5 heteroatoms. The molecule has 2 aromatic heterocycles. The van der Waals surface area contributed by atoms with Gasteiger partial charge in [-0.15, -0.1) is 0 Å². The maximum Gasteiger partial charge on any atom is 0.175 e. The van der Waals surface area contributed by atoms with Gasteiger partial charge in [-0.25, -0.2) is 8.42 Å². The third-order valence-electron chi connectivity index (χ3n) is 4.63. The van der Waals surface area contributed by atoms with E-state index in [9.17, 15) is 8.42 Å². The third kappa shape index (κ3) is 2.70. The molecule has 0 amide bonds. The molecule has 0 bridgehead atoms. The van der Waals surface area contributed by atoms with Gasteiger partial charge >= 0.3 is 0 Å². The van der Waals surface area contributed by atoms with Gasteiger partial charge in [0, 0.05) is 42.2 Å². The Kier molecular flexibility index (Phi) is 3.89. The fourth-order valence-corrected chi connectivity index (χ4v) is 4.03. The fourth-order valence-electron chi connectivity index (χ4n) is 3.40. The Labute approximate surface area is 152 Å². The highest BCUT2D eigenvalue weighted by molar-refractivity contribution is 7.90. The summed E-state index contributed by atoms with van der Waals surface area (Å²) in [5, 5.41) is 1.16. The van der Waals surface area contributed by atoms with Crippen molar-refractivity contribution in [3.63, 3.8) is 0 Å². The van der Waals surface area contributed by atoms with Gasteiger partial charge in [0.05, 0.1) is 10.6 Å². The first kappa shape index (κ1) is 16.5. The number of para-hydroxylation sites is 1.